The van der Waals surface area contributed by atoms with E-state index < -0.39 is 0 Å². The van der Waals surface area contributed by atoms with Gasteiger partial charge in [-0.1, -0.05) is 26.0 Å². The molecule has 4 N–H and O–H groups in total. The third kappa shape index (κ3) is 10.3. The third-order valence-electron chi connectivity index (χ3n) is 3.05. The molecule has 8 heteroatoms. The van der Waals surface area contributed by atoms with Crippen molar-refractivity contribution in [2.45, 2.75) is 33.4 Å². The van der Waals surface area contributed by atoms with E-state index in [2.05, 4.69) is 29.8 Å². The van der Waals surface area contributed by atoms with Crippen LogP contribution in [0.15, 0.2) is 24.3 Å². The van der Waals surface area contributed by atoms with Crippen LogP contribution >= 0.6 is 0 Å². The van der Waals surface area contributed by atoms with Crippen LogP contribution < -0.4 is 16.0 Å². The summed E-state index contributed by atoms with van der Waals surface area (Å²) >= 11 is 0. The topological polar surface area (TPSA) is 108 Å². The van der Waals surface area contributed by atoms with Crippen LogP contribution in [-0.2, 0) is 21.0 Å². The second kappa shape index (κ2) is 13.3. The van der Waals surface area contributed by atoms with Gasteiger partial charge in [0.15, 0.2) is 0 Å². The summed E-state index contributed by atoms with van der Waals surface area (Å²) in [7, 11) is 0. The minimum absolute atomic E-state index is 0. The molecule has 7 nitrogen and oxygen atoms in total. The first-order valence-corrected chi connectivity index (χ1v) is 7.23. The number of nitrogens with one attached hydrogen (secondary N) is 3. The van der Waals surface area contributed by atoms with Crippen LogP contribution in [0.4, 0.5) is 5.69 Å². The van der Waals surface area contributed by atoms with Gasteiger partial charge in [0.1, 0.15) is 0 Å². The molecule has 0 aromatic heterocycles. The number of anilines is 1. The number of hydrogen-bond donors (Lipinski definition) is 4. The van der Waals surface area contributed by atoms with E-state index in [4.69, 9.17) is 5.11 Å². The van der Waals surface area contributed by atoms with Gasteiger partial charge in [-0.25, -0.2) is 0 Å². The Labute approximate surface area is 136 Å². The zero-order valence-corrected chi connectivity index (χ0v) is 16.3. The molecule has 0 aliphatic heterocycles. The van der Waals surface area contributed by atoms with E-state index in [1.807, 2.05) is 6.92 Å². The maximum Gasteiger partial charge on any atom is 0.243 e. The van der Waals surface area contributed by atoms with E-state index in [1.54, 1.807) is 30.7 Å². The second-order valence-corrected chi connectivity index (χ2v) is 5.18. The van der Waals surface area contributed by atoms with E-state index in [0.29, 0.717) is 18.0 Å². The first-order valence-electron chi connectivity index (χ1n) is 7.23. The molecular weight excluding hydrogens is 555 g/mol. The van der Waals surface area contributed by atoms with Gasteiger partial charge in [0.25, 0.3) is 0 Å². The maximum atomic E-state index is 11.1. The van der Waals surface area contributed by atoms with Crippen LogP contribution in [0, 0.1) is 5.92 Å². The Morgan fingerprint density at radius 2 is 1.83 bits per heavy atom. The monoisotopic (exact) mass is 579 g/mol. The van der Waals surface area contributed by atoms with Crippen LogP contribution in [0.3, 0.4) is 0 Å². The zero-order chi connectivity index (χ0) is 17.7. The number of aliphatic hydroxyl groups is 1. The molecule has 0 fully saturated rings. The van der Waals surface area contributed by atoms with Crippen molar-refractivity contribution >= 4 is 24.4 Å². The Balaban J connectivity index is 0. The van der Waals surface area contributed by atoms with Gasteiger partial charge in [-0.3, -0.25) is 9.59 Å². The van der Waals surface area contributed by atoms with Crippen molar-refractivity contribution in [3.8, 4) is 0 Å². The van der Waals surface area contributed by atoms with Gasteiger partial charge in [0.2, 0.25) is 12.3 Å². The SMILES string of the molecule is CC(C)C(C)N[C-]=O.O=CNCC(=O)Nc1ccc(CO)cc1.[Fm]. The van der Waals surface area contributed by atoms with Gasteiger partial charge >= 0.3 is 0 Å². The minimum Gasteiger partial charge on any atom is -0.527 e. The van der Waals surface area contributed by atoms with Crippen LogP contribution in [0.2, 0.25) is 0 Å². The third-order valence-corrected chi connectivity index (χ3v) is 3.05. The van der Waals surface area contributed by atoms with Crippen molar-refractivity contribution in [2.24, 2.45) is 5.92 Å². The fourth-order valence-corrected chi connectivity index (χ4v) is 1.29. The molecule has 0 saturated carbocycles. The summed E-state index contributed by atoms with van der Waals surface area (Å²) in [6.07, 6.45) is 2.12. The first-order chi connectivity index (χ1) is 10.9. The number of carbonyl (C=O) groups is 2. The summed E-state index contributed by atoms with van der Waals surface area (Å²) in [5.74, 6) is 0.204. The summed E-state index contributed by atoms with van der Waals surface area (Å²) in [6, 6.07) is 7.03. The Morgan fingerprint density at radius 1 is 1.25 bits per heavy atom. The number of carbonyl (C=O) groups excluding carboxylic acids is 3. The molecule has 24 heavy (non-hydrogen) atoms. The van der Waals surface area contributed by atoms with Crippen LogP contribution in [-0.4, -0.2) is 36.4 Å². The van der Waals surface area contributed by atoms with Gasteiger partial charge in [-0.05, 0) is 36.6 Å². The summed E-state index contributed by atoms with van der Waals surface area (Å²) in [5.41, 5.74) is 1.41. The zero-order valence-electron chi connectivity index (χ0n) is 13.9. The molecule has 0 saturated heterocycles. The molecule has 0 spiro atoms. The van der Waals surface area contributed by atoms with Crippen molar-refractivity contribution < 1.29 is 19.5 Å². The maximum absolute atomic E-state index is 11.1. The molecule has 3 amide bonds. The standard InChI is InChI=1S/C10H12N2O3.C6H12NO.Fm/c13-6-8-1-3-9(4-2-8)12-10(15)5-11-7-14;1-5(2)6(3)7-4-8;/h1-4,7,13H,5-6H2,(H,11,14)(H,12,15);5-6H,1-3H3,(H,7,8);/q;-1;. The molecular formula is C16H24FmN3O4-. The molecule has 0 bridgehead atoms. The summed E-state index contributed by atoms with van der Waals surface area (Å²) in [5, 5.41) is 16.2. The molecule has 1 aromatic rings. The van der Waals surface area contributed by atoms with Crippen molar-refractivity contribution in [1.29, 1.82) is 0 Å². The van der Waals surface area contributed by atoms with Crippen molar-refractivity contribution in [2.75, 3.05) is 11.9 Å². The molecule has 0 radical (unpaired) electrons. The molecule has 0 aliphatic rings. The average Bonchev–Trinajstić information content (AvgIpc) is 2.54. The number of hydrogen-bond acceptors (Lipinski definition) is 4. The molecule has 0 aliphatic carbocycles. The number of amides is 3. The van der Waals surface area contributed by atoms with Gasteiger partial charge in [0.05, 0.1) is 13.2 Å². The molecule has 140 valence electrons. The van der Waals surface area contributed by atoms with E-state index in [0.717, 1.165) is 5.56 Å². The van der Waals surface area contributed by atoms with E-state index >= 15 is 0 Å². The fourth-order valence-electron chi connectivity index (χ4n) is 1.29. The Hall–Kier alpha value is -3.41. The van der Waals surface area contributed by atoms with Gasteiger partial charge < -0.3 is 25.9 Å². The molecule has 1 rings (SSSR count). The summed E-state index contributed by atoms with van der Waals surface area (Å²) in [4.78, 5) is 30.8. The normalized spacial score (nSPS) is 10.4. The van der Waals surface area contributed by atoms with Crippen molar-refractivity contribution in [3.05, 3.63) is 29.8 Å². The van der Waals surface area contributed by atoms with Crippen molar-refractivity contribution in [1.82, 2.24) is 10.6 Å². The summed E-state index contributed by atoms with van der Waals surface area (Å²) < 4.78 is 0. The number of benzene rings is 1. The summed E-state index contributed by atoms with van der Waals surface area (Å²) in [6.45, 7) is 5.98. The fraction of sp³-hybridized carbons (Fsp3) is 0.438. The van der Waals surface area contributed by atoms with Crippen LogP contribution in [0.5, 0.6) is 0 Å². The molecule has 1 unspecified atom stereocenters. The largest absolute Gasteiger partial charge is 0.527 e. The van der Waals surface area contributed by atoms with Crippen LogP contribution in [0.25, 0.3) is 0 Å². The van der Waals surface area contributed by atoms with Gasteiger partial charge in [-0.2, -0.15) is 6.41 Å². The average molecular weight is 579 g/mol. The Kier molecular flexibility index (Phi) is 12.6. The molecule has 0 heterocycles. The first kappa shape index (κ1) is 22.9. The van der Waals surface area contributed by atoms with Gasteiger partial charge in [0, 0.05) is 5.69 Å². The molecule has 1 atom stereocenters. The van der Waals surface area contributed by atoms with E-state index in [1.165, 1.54) is 0 Å². The molecule has 1 aromatic carbocycles. The van der Waals surface area contributed by atoms with Gasteiger partial charge in [-0.15, -0.1) is 0 Å². The quantitative estimate of drug-likeness (QED) is 0.205. The van der Waals surface area contributed by atoms with E-state index in [-0.39, 0.29) is 25.1 Å². The predicted octanol–water partition coefficient (Wildman–Crippen LogP) is 0.551. The van der Waals surface area contributed by atoms with E-state index in [9.17, 15) is 14.4 Å². The predicted molar refractivity (Wildman–Crippen MR) is 88.2 cm³/mol. The number of aliphatic hydroxyl groups excluding tert-OH is 1. The van der Waals surface area contributed by atoms with Crippen LogP contribution in [0.1, 0.15) is 26.3 Å². The smallest absolute Gasteiger partial charge is 0.243 e. The number of rotatable bonds is 8. The van der Waals surface area contributed by atoms with Crippen molar-refractivity contribution in [3.63, 3.8) is 0 Å². The Bertz CT molecular complexity index is 481. The Morgan fingerprint density at radius 3 is 2.21 bits per heavy atom. The minimum atomic E-state index is -0.293. The second-order valence-electron chi connectivity index (χ2n) is 5.18.